The Morgan fingerprint density at radius 2 is 2.03 bits per heavy atom. The van der Waals surface area contributed by atoms with Crippen LogP contribution in [0, 0.1) is 6.92 Å². The Morgan fingerprint density at radius 1 is 1.16 bits per heavy atom. The number of nitrogens with zero attached hydrogens (tertiary/aromatic N) is 3. The number of hydrogen-bond acceptors (Lipinski definition) is 5. The minimum atomic E-state index is 0.102. The molecule has 1 saturated heterocycles. The van der Waals surface area contributed by atoms with Crippen molar-refractivity contribution in [3.8, 4) is 0 Å². The van der Waals surface area contributed by atoms with E-state index in [2.05, 4.69) is 22.1 Å². The molecule has 162 valence electrons. The number of ketones is 1. The van der Waals surface area contributed by atoms with Gasteiger partial charge >= 0.3 is 0 Å². The molecule has 5 nitrogen and oxygen atoms in total. The van der Waals surface area contributed by atoms with E-state index in [9.17, 15) is 4.79 Å². The number of rotatable bonds is 7. The van der Waals surface area contributed by atoms with Crippen LogP contribution in [-0.4, -0.2) is 34.2 Å². The summed E-state index contributed by atoms with van der Waals surface area (Å²) >= 11 is 0. The summed E-state index contributed by atoms with van der Waals surface area (Å²) in [5, 5.41) is 0. The zero-order valence-corrected chi connectivity index (χ0v) is 18.3. The molecule has 4 heterocycles. The molecule has 0 saturated carbocycles. The van der Waals surface area contributed by atoms with Gasteiger partial charge in [-0.05, 0) is 49.1 Å². The van der Waals surface area contributed by atoms with E-state index in [1.54, 1.807) is 0 Å². The second kappa shape index (κ2) is 9.13. The first-order valence-electron chi connectivity index (χ1n) is 11.3. The number of aromatic nitrogens is 2. The van der Waals surface area contributed by atoms with Crippen LogP contribution in [0.15, 0.2) is 65.9 Å². The van der Waals surface area contributed by atoms with Gasteiger partial charge in [-0.3, -0.25) is 19.8 Å². The van der Waals surface area contributed by atoms with Gasteiger partial charge in [-0.1, -0.05) is 30.3 Å². The predicted molar refractivity (Wildman–Crippen MR) is 124 cm³/mol. The summed E-state index contributed by atoms with van der Waals surface area (Å²) in [7, 11) is 0. The maximum absolute atomic E-state index is 13.0. The lowest BCUT2D eigenvalue weighted by molar-refractivity contribution is -0.119. The first-order chi connectivity index (χ1) is 15.7. The number of aliphatic imine (C=N–C) groups is 1. The zero-order valence-electron chi connectivity index (χ0n) is 18.3. The highest BCUT2D eigenvalue weighted by Gasteiger charge is 2.29. The van der Waals surface area contributed by atoms with Crippen LogP contribution in [0.5, 0.6) is 0 Å². The molecule has 0 amide bonds. The molecule has 2 aromatic heterocycles. The van der Waals surface area contributed by atoms with E-state index in [0.717, 1.165) is 53.2 Å². The molecular weight excluding hydrogens is 398 g/mol. The van der Waals surface area contributed by atoms with Gasteiger partial charge in [0.15, 0.2) is 0 Å². The van der Waals surface area contributed by atoms with E-state index in [-0.39, 0.29) is 17.8 Å². The monoisotopic (exact) mass is 425 g/mol. The molecule has 0 spiro atoms. The van der Waals surface area contributed by atoms with Gasteiger partial charge < -0.3 is 4.74 Å². The van der Waals surface area contributed by atoms with Gasteiger partial charge in [-0.2, -0.15) is 0 Å². The second-order valence-corrected chi connectivity index (χ2v) is 8.67. The molecule has 32 heavy (non-hydrogen) atoms. The molecule has 5 heteroatoms. The number of carbonyl (C=O) groups is 1. The smallest absolute Gasteiger partial charge is 0.139 e. The van der Waals surface area contributed by atoms with Crippen molar-refractivity contribution in [1.82, 2.24) is 9.97 Å². The molecule has 0 unspecified atom stereocenters. The summed E-state index contributed by atoms with van der Waals surface area (Å²) in [6.45, 7) is 3.39. The Kier molecular flexibility index (Phi) is 5.91. The molecule has 5 rings (SSSR count). The standard InChI is InChI=1S/C27H27N3O2/c1-18-12-20(9-10-28-18)27-25-17-29-22(13-21(25)16-30-27)14-23(31)15-24(26-8-5-11-32-26)19-6-3-2-4-7-19/h2-4,6-7,9-10,12-13,17,24,26H,5,8,11,14-16H2,1H3/t24-,26-/m0/s1. The largest absolute Gasteiger partial charge is 0.378 e. The summed E-state index contributed by atoms with van der Waals surface area (Å²) in [6, 6.07) is 16.3. The molecule has 2 atom stereocenters. The number of carbonyl (C=O) groups excluding carboxylic acids is 1. The zero-order chi connectivity index (χ0) is 21.9. The molecule has 1 aromatic carbocycles. The van der Waals surface area contributed by atoms with Gasteiger partial charge in [-0.25, -0.2) is 0 Å². The highest BCUT2D eigenvalue weighted by Crippen LogP contribution is 2.32. The maximum atomic E-state index is 13.0. The third kappa shape index (κ3) is 4.39. The second-order valence-electron chi connectivity index (χ2n) is 8.67. The number of hydrogen-bond donors (Lipinski definition) is 0. The van der Waals surface area contributed by atoms with E-state index < -0.39 is 0 Å². The van der Waals surface area contributed by atoms with E-state index in [1.807, 2.05) is 55.7 Å². The number of fused-ring (bicyclic) bond motifs is 1. The van der Waals surface area contributed by atoms with Crippen LogP contribution in [0.1, 0.15) is 58.8 Å². The summed E-state index contributed by atoms with van der Waals surface area (Å²) in [5.74, 6) is 0.302. The fraction of sp³-hybridized carbons (Fsp3) is 0.333. The molecule has 0 aliphatic carbocycles. The molecule has 0 N–H and O–H groups in total. The summed E-state index contributed by atoms with van der Waals surface area (Å²) in [4.78, 5) is 26.7. The minimum Gasteiger partial charge on any atom is -0.378 e. The molecule has 1 fully saturated rings. The van der Waals surface area contributed by atoms with Crippen molar-refractivity contribution in [2.24, 2.45) is 4.99 Å². The van der Waals surface area contributed by atoms with Crippen molar-refractivity contribution in [2.45, 2.75) is 51.2 Å². The third-order valence-electron chi connectivity index (χ3n) is 6.35. The lowest BCUT2D eigenvalue weighted by Gasteiger charge is -2.23. The van der Waals surface area contributed by atoms with Gasteiger partial charge in [0.2, 0.25) is 0 Å². The average molecular weight is 426 g/mol. The normalized spacial score (nSPS) is 18.3. The Hall–Kier alpha value is -3.18. The Balaban J connectivity index is 1.30. The highest BCUT2D eigenvalue weighted by molar-refractivity contribution is 6.15. The lowest BCUT2D eigenvalue weighted by atomic mass is 9.86. The van der Waals surface area contributed by atoms with E-state index in [1.165, 1.54) is 5.56 Å². The summed E-state index contributed by atoms with van der Waals surface area (Å²) in [5.41, 5.74) is 7.16. The van der Waals surface area contributed by atoms with E-state index in [0.29, 0.717) is 19.4 Å². The van der Waals surface area contributed by atoms with Crippen molar-refractivity contribution in [3.05, 3.63) is 94.6 Å². The molecule has 2 aliphatic rings. The first kappa shape index (κ1) is 20.7. The fourth-order valence-electron chi connectivity index (χ4n) is 4.78. The van der Waals surface area contributed by atoms with Crippen molar-refractivity contribution in [3.63, 3.8) is 0 Å². The van der Waals surface area contributed by atoms with Crippen molar-refractivity contribution in [2.75, 3.05) is 6.61 Å². The van der Waals surface area contributed by atoms with Gasteiger partial charge in [0, 0.05) is 60.3 Å². The Bertz CT molecular complexity index is 1150. The quantitative estimate of drug-likeness (QED) is 0.555. The van der Waals surface area contributed by atoms with Crippen molar-refractivity contribution < 1.29 is 9.53 Å². The van der Waals surface area contributed by atoms with Crippen LogP contribution in [0.2, 0.25) is 0 Å². The lowest BCUT2D eigenvalue weighted by Crippen LogP contribution is -2.22. The number of benzene rings is 1. The van der Waals surface area contributed by atoms with E-state index in [4.69, 9.17) is 9.73 Å². The summed E-state index contributed by atoms with van der Waals surface area (Å²) < 4.78 is 5.96. The SMILES string of the molecule is Cc1cc(C2=NCc3cc(CC(=O)C[C@@H](c4ccccc4)[C@@H]4CCCO4)ncc32)ccn1. The highest BCUT2D eigenvalue weighted by atomic mass is 16.5. The first-order valence-corrected chi connectivity index (χ1v) is 11.3. The van der Waals surface area contributed by atoms with Crippen LogP contribution < -0.4 is 0 Å². The topological polar surface area (TPSA) is 64.4 Å². The predicted octanol–water partition coefficient (Wildman–Crippen LogP) is 4.60. The molecule has 2 aliphatic heterocycles. The number of Topliss-reactive ketones (excluding diaryl/α,β-unsaturated/α-hetero) is 1. The van der Waals surface area contributed by atoms with Crippen LogP contribution in [-0.2, 0) is 22.5 Å². The average Bonchev–Trinajstić information content (AvgIpc) is 3.48. The molecule has 3 aromatic rings. The molecular formula is C27H27N3O2. The molecule has 0 bridgehead atoms. The van der Waals surface area contributed by atoms with Crippen molar-refractivity contribution in [1.29, 1.82) is 0 Å². The fourth-order valence-corrected chi connectivity index (χ4v) is 4.78. The maximum Gasteiger partial charge on any atom is 0.139 e. The van der Waals surface area contributed by atoms with Gasteiger partial charge in [0.05, 0.1) is 18.4 Å². The van der Waals surface area contributed by atoms with Crippen LogP contribution in [0.3, 0.4) is 0 Å². The summed E-state index contributed by atoms with van der Waals surface area (Å²) in [6.07, 6.45) is 6.69. The van der Waals surface area contributed by atoms with Crippen LogP contribution >= 0.6 is 0 Å². The number of ether oxygens (including phenoxy) is 1. The Labute approximate surface area is 188 Å². The van der Waals surface area contributed by atoms with Crippen molar-refractivity contribution >= 4 is 11.5 Å². The third-order valence-corrected chi connectivity index (χ3v) is 6.35. The number of pyridine rings is 2. The number of aryl methyl sites for hydroxylation is 1. The Morgan fingerprint density at radius 3 is 2.81 bits per heavy atom. The van der Waals surface area contributed by atoms with Gasteiger partial charge in [-0.15, -0.1) is 0 Å². The molecule has 0 radical (unpaired) electrons. The van der Waals surface area contributed by atoms with Crippen LogP contribution in [0.25, 0.3) is 0 Å². The minimum absolute atomic E-state index is 0.102. The van der Waals surface area contributed by atoms with Gasteiger partial charge in [0.25, 0.3) is 0 Å². The van der Waals surface area contributed by atoms with Crippen LogP contribution in [0.4, 0.5) is 0 Å². The van der Waals surface area contributed by atoms with Gasteiger partial charge in [0.1, 0.15) is 5.78 Å². The van der Waals surface area contributed by atoms with E-state index >= 15 is 0 Å².